The quantitative estimate of drug-likeness (QED) is 0.114. The second kappa shape index (κ2) is 18.0. The third-order valence-electron chi connectivity index (χ3n) is 6.74. The lowest BCUT2D eigenvalue weighted by Gasteiger charge is -2.25. The van der Waals surface area contributed by atoms with Crippen LogP contribution >= 0.6 is 0 Å². The largest absolute Gasteiger partial charge is 0.465 e. The van der Waals surface area contributed by atoms with Gasteiger partial charge in [-0.2, -0.15) is 0 Å². The van der Waals surface area contributed by atoms with Crippen LogP contribution in [-0.2, 0) is 33.3 Å². The Bertz CT molecular complexity index is 1120. The van der Waals surface area contributed by atoms with Gasteiger partial charge in [-0.1, -0.05) is 56.3 Å². The van der Waals surface area contributed by atoms with E-state index in [4.69, 9.17) is 18.9 Å². The van der Waals surface area contributed by atoms with Crippen molar-refractivity contribution in [1.82, 2.24) is 0 Å². The third-order valence-corrected chi connectivity index (χ3v) is 6.74. The zero-order chi connectivity index (χ0) is 31.1. The SMILES string of the molecule is CC(C)OC(=O)C(C)C(CC(C)C(=O)OCCCCCCOC(=O)c1ccc(-c2ccccc2)cc1)C(=O)OC(C)C. The summed E-state index contributed by atoms with van der Waals surface area (Å²) in [6.45, 7) is 10.8. The Kier molecular flexibility index (Phi) is 14.8. The van der Waals surface area contributed by atoms with Crippen molar-refractivity contribution in [3.8, 4) is 11.1 Å². The van der Waals surface area contributed by atoms with Gasteiger partial charge in [0.1, 0.15) is 0 Å². The highest BCUT2D eigenvalue weighted by molar-refractivity contribution is 5.90. The van der Waals surface area contributed by atoms with Crippen LogP contribution in [0.25, 0.3) is 11.1 Å². The van der Waals surface area contributed by atoms with Gasteiger partial charge in [0.2, 0.25) is 0 Å². The summed E-state index contributed by atoms with van der Waals surface area (Å²) in [5.41, 5.74) is 2.64. The van der Waals surface area contributed by atoms with Crippen molar-refractivity contribution < 1.29 is 38.1 Å². The van der Waals surface area contributed by atoms with E-state index in [1.54, 1.807) is 53.7 Å². The van der Waals surface area contributed by atoms with Crippen molar-refractivity contribution in [2.75, 3.05) is 13.2 Å². The molecule has 0 amide bonds. The van der Waals surface area contributed by atoms with E-state index < -0.39 is 35.7 Å². The maximum atomic E-state index is 12.7. The van der Waals surface area contributed by atoms with Crippen molar-refractivity contribution in [1.29, 1.82) is 0 Å². The predicted octanol–water partition coefficient (Wildman–Crippen LogP) is 6.80. The molecule has 2 aromatic carbocycles. The van der Waals surface area contributed by atoms with Crippen LogP contribution < -0.4 is 0 Å². The molecular weight excluding hydrogens is 536 g/mol. The minimum absolute atomic E-state index is 0.124. The van der Waals surface area contributed by atoms with Crippen LogP contribution in [-0.4, -0.2) is 49.3 Å². The molecule has 0 bridgehead atoms. The van der Waals surface area contributed by atoms with E-state index in [-0.39, 0.29) is 31.2 Å². The van der Waals surface area contributed by atoms with Gasteiger partial charge in [0.05, 0.1) is 48.7 Å². The fourth-order valence-electron chi connectivity index (χ4n) is 4.36. The molecule has 0 N–H and O–H groups in total. The number of hydrogen-bond acceptors (Lipinski definition) is 8. The molecule has 0 spiro atoms. The molecule has 3 unspecified atom stereocenters. The molecule has 0 aromatic heterocycles. The fraction of sp³-hybridized carbons (Fsp3) is 0.529. The zero-order valence-corrected chi connectivity index (χ0v) is 25.8. The van der Waals surface area contributed by atoms with Gasteiger partial charge in [-0.25, -0.2) is 4.79 Å². The lowest BCUT2D eigenvalue weighted by Crippen LogP contribution is -2.35. The Labute approximate surface area is 250 Å². The molecule has 0 aliphatic carbocycles. The average Bonchev–Trinajstić information content (AvgIpc) is 2.96. The smallest absolute Gasteiger partial charge is 0.338 e. The summed E-state index contributed by atoms with van der Waals surface area (Å²) in [6.07, 6.45) is 2.49. The molecule has 0 saturated heterocycles. The van der Waals surface area contributed by atoms with Gasteiger partial charge in [-0.15, -0.1) is 0 Å². The molecule has 2 rings (SSSR count). The van der Waals surface area contributed by atoms with Gasteiger partial charge in [-0.05, 0) is 83.1 Å². The maximum absolute atomic E-state index is 12.7. The van der Waals surface area contributed by atoms with E-state index in [0.717, 1.165) is 24.0 Å². The first-order chi connectivity index (χ1) is 20.0. The summed E-state index contributed by atoms with van der Waals surface area (Å²) in [6, 6.07) is 17.3. The van der Waals surface area contributed by atoms with E-state index in [2.05, 4.69) is 0 Å². The molecular formula is C34H46O8. The van der Waals surface area contributed by atoms with Crippen LogP contribution in [0.1, 0.15) is 84.0 Å². The van der Waals surface area contributed by atoms with Gasteiger partial charge in [0.25, 0.3) is 0 Å². The number of carbonyl (C=O) groups excluding carboxylic acids is 4. The Hall–Kier alpha value is -3.68. The first-order valence-corrected chi connectivity index (χ1v) is 14.9. The monoisotopic (exact) mass is 582 g/mol. The molecule has 230 valence electrons. The molecule has 0 aliphatic rings. The molecule has 3 atom stereocenters. The molecule has 0 saturated carbocycles. The lowest BCUT2D eigenvalue weighted by atomic mass is 9.85. The molecule has 2 aromatic rings. The average molecular weight is 583 g/mol. The fourth-order valence-corrected chi connectivity index (χ4v) is 4.36. The van der Waals surface area contributed by atoms with Crippen molar-refractivity contribution >= 4 is 23.9 Å². The van der Waals surface area contributed by atoms with E-state index in [1.807, 2.05) is 42.5 Å². The van der Waals surface area contributed by atoms with Crippen LogP contribution in [0.3, 0.4) is 0 Å². The number of unbranched alkanes of at least 4 members (excludes halogenated alkanes) is 3. The van der Waals surface area contributed by atoms with E-state index in [0.29, 0.717) is 25.0 Å². The summed E-state index contributed by atoms with van der Waals surface area (Å²) in [7, 11) is 0. The molecule has 8 nitrogen and oxygen atoms in total. The zero-order valence-electron chi connectivity index (χ0n) is 25.8. The Morgan fingerprint density at radius 3 is 1.69 bits per heavy atom. The second-order valence-electron chi connectivity index (χ2n) is 11.2. The van der Waals surface area contributed by atoms with Gasteiger partial charge in [-0.3, -0.25) is 14.4 Å². The highest BCUT2D eigenvalue weighted by atomic mass is 16.6. The highest BCUT2D eigenvalue weighted by Crippen LogP contribution is 2.26. The van der Waals surface area contributed by atoms with Crippen molar-refractivity contribution in [3.63, 3.8) is 0 Å². The molecule has 8 heteroatoms. The minimum Gasteiger partial charge on any atom is -0.465 e. The van der Waals surface area contributed by atoms with Crippen molar-refractivity contribution in [2.24, 2.45) is 17.8 Å². The number of esters is 4. The maximum Gasteiger partial charge on any atom is 0.338 e. The van der Waals surface area contributed by atoms with E-state index >= 15 is 0 Å². The Morgan fingerprint density at radius 2 is 1.12 bits per heavy atom. The second-order valence-corrected chi connectivity index (χ2v) is 11.2. The van der Waals surface area contributed by atoms with Gasteiger partial charge in [0, 0.05) is 0 Å². The molecule has 0 aliphatic heterocycles. The van der Waals surface area contributed by atoms with Crippen molar-refractivity contribution in [3.05, 3.63) is 60.2 Å². The Balaban J connectivity index is 1.67. The van der Waals surface area contributed by atoms with E-state index in [9.17, 15) is 19.2 Å². The molecule has 0 heterocycles. The summed E-state index contributed by atoms with van der Waals surface area (Å²) < 4.78 is 21.4. The normalized spacial score (nSPS) is 13.2. The molecule has 0 fully saturated rings. The Morgan fingerprint density at radius 1 is 0.595 bits per heavy atom. The number of benzene rings is 2. The summed E-state index contributed by atoms with van der Waals surface area (Å²) in [5, 5.41) is 0. The first-order valence-electron chi connectivity index (χ1n) is 14.9. The lowest BCUT2D eigenvalue weighted by molar-refractivity contribution is -0.166. The van der Waals surface area contributed by atoms with Crippen LogP contribution in [0.5, 0.6) is 0 Å². The summed E-state index contributed by atoms with van der Waals surface area (Å²) in [4.78, 5) is 50.1. The number of rotatable bonds is 17. The number of hydrogen-bond donors (Lipinski definition) is 0. The van der Waals surface area contributed by atoms with Gasteiger partial charge < -0.3 is 18.9 Å². The molecule has 42 heavy (non-hydrogen) atoms. The number of carbonyl (C=O) groups is 4. The highest BCUT2D eigenvalue weighted by Gasteiger charge is 2.36. The van der Waals surface area contributed by atoms with Crippen LogP contribution in [0.15, 0.2) is 54.6 Å². The first kappa shape index (κ1) is 34.5. The van der Waals surface area contributed by atoms with Crippen LogP contribution in [0.2, 0.25) is 0 Å². The number of ether oxygens (including phenoxy) is 4. The van der Waals surface area contributed by atoms with Gasteiger partial charge >= 0.3 is 23.9 Å². The third kappa shape index (κ3) is 12.0. The topological polar surface area (TPSA) is 105 Å². The van der Waals surface area contributed by atoms with Crippen LogP contribution in [0.4, 0.5) is 0 Å². The van der Waals surface area contributed by atoms with E-state index in [1.165, 1.54) is 0 Å². The van der Waals surface area contributed by atoms with Gasteiger partial charge in [0.15, 0.2) is 0 Å². The van der Waals surface area contributed by atoms with Crippen molar-refractivity contribution in [2.45, 2.75) is 85.9 Å². The summed E-state index contributed by atoms with van der Waals surface area (Å²) in [5.74, 6) is -3.95. The standard InChI is InChI=1S/C34H46O8/c1-23(2)41-32(36)26(6)30(34(38)42-24(3)4)22-25(5)31(35)39-20-12-7-8-13-21-40-33(37)29-18-16-28(17-19-29)27-14-10-9-11-15-27/h9-11,14-19,23-26,30H,7-8,12-13,20-22H2,1-6H3. The predicted molar refractivity (Wildman–Crippen MR) is 160 cm³/mol. The van der Waals surface area contributed by atoms with Crippen LogP contribution in [0, 0.1) is 17.8 Å². The minimum atomic E-state index is -0.814. The molecule has 0 radical (unpaired) electrons. The summed E-state index contributed by atoms with van der Waals surface area (Å²) >= 11 is 0.